The fourth-order valence-electron chi connectivity index (χ4n) is 5.49. The molecule has 3 unspecified atom stereocenters. The van der Waals surface area contributed by atoms with E-state index in [0.717, 1.165) is 56.5 Å². The molecule has 1 aromatic rings. The molecular weight excluding hydrogens is 330 g/mol. The molecule has 0 saturated carbocycles. The van der Waals surface area contributed by atoms with E-state index in [-0.39, 0.29) is 12.3 Å². The van der Waals surface area contributed by atoms with E-state index in [4.69, 9.17) is 9.47 Å². The SMILES string of the molecule is CCOC(=O)N1CC[C@H]([N+]2(N3CCc4ccccc43)CCC3CC2O3)C1. The molecule has 1 aromatic carbocycles. The largest absolute Gasteiger partial charge is 0.450 e. The molecular formula is C20H28N3O3+. The summed E-state index contributed by atoms with van der Waals surface area (Å²) in [6.07, 6.45) is 4.90. The molecule has 4 fully saturated rings. The monoisotopic (exact) mass is 358 g/mol. The number of hydrogen-bond donors (Lipinski definition) is 0. The summed E-state index contributed by atoms with van der Waals surface area (Å²) in [6.45, 7) is 6.02. The zero-order valence-corrected chi connectivity index (χ0v) is 15.5. The number of fused-ring (bicyclic) bond motifs is 3. The first-order valence-electron chi connectivity index (χ1n) is 10.0. The number of anilines is 1. The van der Waals surface area contributed by atoms with Gasteiger partial charge in [0.2, 0.25) is 6.23 Å². The van der Waals surface area contributed by atoms with Crippen molar-refractivity contribution in [2.24, 2.45) is 0 Å². The van der Waals surface area contributed by atoms with Gasteiger partial charge in [0.1, 0.15) is 12.6 Å². The van der Waals surface area contributed by atoms with Gasteiger partial charge in [0.15, 0.2) is 0 Å². The standard InChI is InChI=1S/C20H28N3O3/c1-2-25-20(24)21-10-8-16(14-21)23(12-9-17-13-19(23)26-17)22-11-7-15-5-3-4-6-18(15)22/h3-6,16-17,19H,2,7-14H2,1H3/q+1/t16-,17?,19?,23?/m0/s1. The van der Waals surface area contributed by atoms with Gasteiger partial charge in [-0.2, -0.15) is 4.59 Å². The Kier molecular flexibility index (Phi) is 3.87. The lowest BCUT2D eigenvalue weighted by Crippen LogP contribution is -2.78. The van der Waals surface area contributed by atoms with Crippen LogP contribution in [0.4, 0.5) is 10.5 Å². The van der Waals surface area contributed by atoms with E-state index in [0.29, 0.717) is 18.8 Å². The van der Waals surface area contributed by atoms with Gasteiger partial charge in [0, 0.05) is 19.4 Å². The second-order valence-electron chi connectivity index (χ2n) is 7.94. The summed E-state index contributed by atoms with van der Waals surface area (Å²) >= 11 is 0. The maximum absolute atomic E-state index is 12.2. The molecule has 2 bridgehead atoms. The molecule has 4 atom stereocenters. The lowest BCUT2D eigenvalue weighted by Gasteiger charge is -2.60. The number of piperidine rings is 1. The minimum Gasteiger partial charge on any atom is -0.450 e. The normalized spacial score (nSPS) is 35.2. The smallest absolute Gasteiger partial charge is 0.409 e. The Morgan fingerprint density at radius 2 is 2.15 bits per heavy atom. The van der Waals surface area contributed by atoms with Crippen LogP contribution in [-0.4, -0.2) is 66.7 Å². The summed E-state index contributed by atoms with van der Waals surface area (Å²) in [4.78, 5) is 14.1. The van der Waals surface area contributed by atoms with Gasteiger partial charge in [-0.15, -0.1) is 0 Å². The summed E-state index contributed by atoms with van der Waals surface area (Å²) < 4.78 is 12.4. The average molecular weight is 358 g/mol. The number of carbonyl (C=O) groups excluding carboxylic acids is 1. The zero-order valence-electron chi connectivity index (χ0n) is 15.5. The van der Waals surface area contributed by atoms with Crippen LogP contribution in [0.5, 0.6) is 0 Å². The van der Waals surface area contributed by atoms with Crippen molar-refractivity contribution in [3.8, 4) is 0 Å². The molecule has 0 aliphatic carbocycles. The predicted octanol–water partition coefficient (Wildman–Crippen LogP) is 2.53. The molecule has 1 amide bonds. The number of rotatable bonds is 3. The van der Waals surface area contributed by atoms with Crippen molar-refractivity contribution in [2.45, 2.75) is 51.0 Å². The molecule has 0 radical (unpaired) electrons. The molecule has 6 heteroatoms. The Labute approximate surface area is 154 Å². The van der Waals surface area contributed by atoms with Crippen LogP contribution < -0.4 is 5.01 Å². The average Bonchev–Trinajstić information content (AvgIpc) is 3.29. The molecule has 0 aromatic heterocycles. The Hall–Kier alpha value is -1.79. The third kappa shape index (κ3) is 2.28. The van der Waals surface area contributed by atoms with Crippen LogP contribution in [0.25, 0.3) is 0 Å². The topological polar surface area (TPSA) is 42.0 Å². The minimum absolute atomic E-state index is 0.167. The zero-order chi connectivity index (χ0) is 17.7. The number of nitrogens with zero attached hydrogens (tertiary/aromatic N) is 3. The third-order valence-electron chi connectivity index (χ3n) is 6.76. The number of para-hydroxylation sites is 1. The Balaban J connectivity index is 1.46. The van der Waals surface area contributed by atoms with E-state index in [1.54, 1.807) is 0 Å². The number of likely N-dealkylation sites (tertiary alicyclic amines) is 1. The lowest BCUT2D eigenvalue weighted by molar-refractivity contribution is -1.02. The number of amides is 1. The van der Waals surface area contributed by atoms with Gasteiger partial charge < -0.3 is 14.4 Å². The van der Waals surface area contributed by atoms with Gasteiger partial charge in [0.25, 0.3) is 0 Å². The number of benzene rings is 1. The Morgan fingerprint density at radius 1 is 1.31 bits per heavy atom. The molecule has 140 valence electrons. The van der Waals surface area contributed by atoms with Crippen LogP contribution in [-0.2, 0) is 15.9 Å². The van der Waals surface area contributed by atoms with E-state index >= 15 is 0 Å². The molecule has 5 aliphatic heterocycles. The Bertz CT molecular complexity index is 703. The molecule has 6 nitrogen and oxygen atoms in total. The van der Waals surface area contributed by atoms with Crippen LogP contribution in [0, 0.1) is 0 Å². The molecule has 26 heavy (non-hydrogen) atoms. The van der Waals surface area contributed by atoms with Crippen LogP contribution in [0.1, 0.15) is 31.7 Å². The maximum atomic E-state index is 12.2. The van der Waals surface area contributed by atoms with Crippen molar-refractivity contribution in [3.63, 3.8) is 0 Å². The molecule has 5 aliphatic rings. The van der Waals surface area contributed by atoms with Crippen molar-refractivity contribution in [3.05, 3.63) is 29.8 Å². The van der Waals surface area contributed by atoms with E-state index in [9.17, 15) is 4.79 Å². The van der Waals surface area contributed by atoms with E-state index in [1.165, 1.54) is 11.3 Å². The number of quaternary nitrogens is 1. The quantitative estimate of drug-likeness (QED) is 0.779. The van der Waals surface area contributed by atoms with Crippen molar-refractivity contribution in [1.82, 2.24) is 4.90 Å². The summed E-state index contributed by atoms with van der Waals surface area (Å²) in [7, 11) is 0. The summed E-state index contributed by atoms with van der Waals surface area (Å²) in [5.41, 5.74) is 2.79. The highest BCUT2D eigenvalue weighted by molar-refractivity contribution is 5.68. The first-order valence-corrected chi connectivity index (χ1v) is 10.0. The van der Waals surface area contributed by atoms with Gasteiger partial charge >= 0.3 is 6.09 Å². The molecule has 6 rings (SSSR count). The van der Waals surface area contributed by atoms with Crippen molar-refractivity contribution < 1.29 is 18.9 Å². The fraction of sp³-hybridized carbons (Fsp3) is 0.650. The molecule has 4 saturated heterocycles. The second kappa shape index (κ2) is 6.13. The van der Waals surface area contributed by atoms with E-state index < -0.39 is 0 Å². The van der Waals surface area contributed by atoms with Gasteiger partial charge in [-0.25, -0.2) is 9.80 Å². The first kappa shape index (κ1) is 16.4. The maximum Gasteiger partial charge on any atom is 0.409 e. The molecule has 0 N–H and O–H groups in total. The van der Waals surface area contributed by atoms with E-state index in [2.05, 4.69) is 29.3 Å². The van der Waals surface area contributed by atoms with Crippen LogP contribution in [0.15, 0.2) is 24.3 Å². The van der Waals surface area contributed by atoms with Crippen molar-refractivity contribution in [2.75, 3.05) is 37.8 Å². The first-order chi connectivity index (χ1) is 12.7. The summed E-state index contributed by atoms with van der Waals surface area (Å²) in [5.74, 6) is 0. The van der Waals surface area contributed by atoms with Crippen LogP contribution in [0.2, 0.25) is 0 Å². The second-order valence-corrected chi connectivity index (χ2v) is 7.94. The van der Waals surface area contributed by atoms with Gasteiger partial charge in [-0.05, 0) is 25.0 Å². The van der Waals surface area contributed by atoms with Gasteiger partial charge in [0.05, 0.1) is 37.9 Å². The highest BCUT2D eigenvalue weighted by Gasteiger charge is 2.61. The Morgan fingerprint density at radius 3 is 2.92 bits per heavy atom. The van der Waals surface area contributed by atoms with Crippen molar-refractivity contribution in [1.29, 1.82) is 0 Å². The van der Waals surface area contributed by atoms with Gasteiger partial charge in [-0.1, -0.05) is 18.2 Å². The summed E-state index contributed by atoms with van der Waals surface area (Å²) in [5, 5.41) is 2.59. The number of ether oxygens (including phenoxy) is 2. The van der Waals surface area contributed by atoms with Crippen LogP contribution >= 0.6 is 0 Å². The number of hydrogen-bond acceptors (Lipinski definition) is 4. The number of carbonyl (C=O) groups is 1. The summed E-state index contributed by atoms with van der Waals surface area (Å²) in [6, 6.07) is 9.17. The molecule has 5 heterocycles. The van der Waals surface area contributed by atoms with Crippen LogP contribution in [0.3, 0.4) is 0 Å². The minimum atomic E-state index is -0.167. The van der Waals surface area contributed by atoms with Crippen molar-refractivity contribution >= 4 is 11.8 Å². The lowest BCUT2D eigenvalue weighted by atomic mass is 9.95. The predicted molar refractivity (Wildman–Crippen MR) is 97.5 cm³/mol. The molecule has 0 spiro atoms. The van der Waals surface area contributed by atoms with E-state index in [1.807, 2.05) is 11.8 Å². The third-order valence-corrected chi connectivity index (χ3v) is 6.76. The highest BCUT2D eigenvalue weighted by atomic mass is 16.6. The highest BCUT2D eigenvalue weighted by Crippen LogP contribution is 2.47. The fourth-order valence-corrected chi connectivity index (χ4v) is 5.49. The van der Waals surface area contributed by atoms with Gasteiger partial charge in [-0.3, -0.25) is 0 Å².